The quantitative estimate of drug-likeness (QED) is 0.461. The minimum Gasteiger partial charge on any atom is -0.382 e. The van der Waals surface area contributed by atoms with Crippen LogP contribution >= 0.6 is 12.2 Å². The molecule has 84 valence electrons. The van der Waals surface area contributed by atoms with Crippen LogP contribution in [-0.4, -0.2) is 45.1 Å². The van der Waals surface area contributed by atoms with Crippen molar-refractivity contribution in [2.24, 2.45) is 0 Å². The lowest BCUT2D eigenvalue weighted by Gasteiger charge is -2.09. The van der Waals surface area contributed by atoms with Crippen molar-refractivity contribution in [1.29, 1.82) is 0 Å². The maximum Gasteiger partial charge on any atom is 0.166 e. The summed E-state index contributed by atoms with van der Waals surface area (Å²) in [5.41, 5.74) is 0. The van der Waals surface area contributed by atoms with Gasteiger partial charge < -0.3 is 20.1 Å². The Balaban J connectivity index is 3.07. The van der Waals surface area contributed by atoms with Gasteiger partial charge in [0.05, 0.1) is 19.8 Å². The number of methoxy groups -OCH3 is 1. The lowest BCUT2D eigenvalue weighted by atomic mass is 10.5. The summed E-state index contributed by atoms with van der Waals surface area (Å²) in [6.07, 6.45) is 1.08. The molecule has 0 saturated carbocycles. The van der Waals surface area contributed by atoms with Crippen LogP contribution in [0.25, 0.3) is 0 Å². The minimum absolute atomic E-state index is 0.632. The van der Waals surface area contributed by atoms with Gasteiger partial charge in [-0.25, -0.2) is 0 Å². The Labute approximate surface area is 91.3 Å². The summed E-state index contributed by atoms with van der Waals surface area (Å²) in [7, 11) is 1.66. The van der Waals surface area contributed by atoms with Crippen molar-refractivity contribution < 1.29 is 9.47 Å². The molecule has 5 heteroatoms. The average molecular weight is 220 g/mol. The van der Waals surface area contributed by atoms with E-state index in [0.29, 0.717) is 24.9 Å². The van der Waals surface area contributed by atoms with Crippen LogP contribution in [0.4, 0.5) is 0 Å². The molecule has 0 aromatic rings. The minimum atomic E-state index is 0.632. The van der Waals surface area contributed by atoms with Crippen molar-refractivity contribution in [3.63, 3.8) is 0 Å². The van der Waals surface area contributed by atoms with Gasteiger partial charge >= 0.3 is 0 Å². The van der Waals surface area contributed by atoms with E-state index in [1.807, 2.05) is 0 Å². The molecule has 0 rings (SSSR count). The molecule has 0 amide bonds. The Morgan fingerprint density at radius 2 is 1.86 bits per heavy atom. The Morgan fingerprint density at radius 3 is 2.50 bits per heavy atom. The molecule has 0 aliphatic heterocycles. The molecule has 0 saturated heterocycles. The summed E-state index contributed by atoms with van der Waals surface area (Å²) in [5, 5.41) is 6.82. The highest BCUT2D eigenvalue weighted by molar-refractivity contribution is 7.80. The molecule has 0 aliphatic carbocycles. The Hall–Kier alpha value is -0.390. The normalized spacial score (nSPS) is 9.86. The maximum atomic E-state index is 5.25. The third-order valence-electron chi connectivity index (χ3n) is 1.50. The number of rotatable bonds is 8. The first kappa shape index (κ1) is 13.6. The fourth-order valence-electron chi connectivity index (χ4n) is 0.782. The molecule has 0 aliphatic rings. The van der Waals surface area contributed by atoms with Gasteiger partial charge in [0.15, 0.2) is 5.11 Å². The van der Waals surface area contributed by atoms with Crippen molar-refractivity contribution in [3.8, 4) is 0 Å². The Kier molecular flexibility index (Phi) is 10.4. The van der Waals surface area contributed by atoms with Crippen molar-refractivity contribution in [2.75, 3.05) is 40.0 Å². The number of thiocarbonyl (C=S) groups is 1. The topological polar surface area (TPSA) is 42.5 Å². The van der Waals surface area contributed by atoms with Crippen LogP contribution in [0.1, 0.15) is 13.3 Å². The molecule has 0 aromatic heterocycles. The highest BCUT2D eigenvalue weighted by Crippen LogP contribution is 1.76. The fraction of sp³-hybridized carbons (Fsp3) is 0.889. The smallest absolute Gasteiger partial charge is 0.166 e. The van der Waals surface area contributed by atoms with E-state index >= 15 is 0 Å². The van der Waals surface area contributed by atoms with Crippen LogP contribution in [0.2, 0.25) is 0 Å². The standard InChI is InChI=1S/C9H20N2O2S/c1-3-4-10-9(14)11-5-6-13-8-7-12-2/h3-8H2,1-2H3,(H2,10,11,14). The zero-order valence-electron chi connectivity index (χ0n) is 8.97. The van der Waals surface area contributed by atoms with E-state index in [1.54, 1.807) is 7.11 Å². The molecular formula is C9H20N2O2S. The predicted molar refractivity (Wildman–Crippen MR) is 61.6 cm³/mol. The first-order chi connectivity index (χ1) is 6.81. The SMILES string of the molecule is CCCNC(=S)NCCOCCOC. The first-order valence-corrected chi connectivity index (χ1v) is 5.30. The van der Waals surface area contributed by atoms with Crippen LogP contribution in [0.3, 0.4) is 0 Å². The van der Waals surface area contributed by atoms with Crippen LogP contribution in [0.15, 0.2) is 0 Å². The second-order valence-electron chi connectivity index (χ2n) is 2.79. The third-order valence-corrected chi connectivity index (χ3v) is 1.79. The van der Waals surface area contributed by atoms with E-state index in [2.05, 4.69) is 17.6 Å². The summed E-state index contributed by atoms with van der Waals surface area (Å²) < 4.78 is 10.1. The molecule has 0 spiro atoms. The van der Waals surface area contributed by atoms with E-state index in [4.69, 9.17) is 21.7 Å². The van der Waals surface area contributed by atoms with Gasteiger partial charge in [-0.2, -0.15) is 0 Å². The summed E-state index contributed by atoms with van der Waals surface area (Å²) in [6, 6.07) is 0. The largest absolute Gasteiger partial charge is 0.382 e. The molecule has 0 aromatic carbocycles. The molecule has 0 bridgehead atoms. The lowest BCUT2D eigenvalue weighted by molar-refractivity contribution is 0.0734. The molecule has 14 heavy (non-hydrogen) atoms. The predicted octanol–water partition coefficient (Wildman–Crippen LogP) is 0.523. The zero-order valence-corrected chi connectivity index (χ0v) is 9.78. The van der Waals surface area contributed by atoms with Gasteiger partial charge in [0.2, 0.25) is 0 Å². The van der Waals surface area contributed by atoms with Gasteiger partial charge in [-0.05, 0) is 18.6 Å². The molecule has 0 heterocycles. The number of nitrogens with one attached hydrogen (secondary N) is 2. The monoisotopic (exact) mass is 220 g/mol. The second-order valence-corrected chi connectivity index (χ2v) is 3.20. The van der Waals surface area contributed by atoms with Crippen molar-refractivity contribution in [3.05, 3.63) is 0 Å². The second kappa shape index (κ2) is 10.7. The summed E-state index contributed by atoms with van der Waals surface area (Å²) in [5.74, 6) is 0. The zero-order chi connectivity index (χ0) is 10.6. The van der Waals surface area contributed by atoms with E-state index < -0.39 is 0 Å². The van der Waals surface area contributed by atoms with Gasteiger partial charge in [-0.1, -0.05) is 6.92 Å². The van der Waals surface area contributed by atoms with Gasteiger partial charge in [0, 0.05) is 20.2 Å². The molecule has 0 radical (unpaired) electrons. The molecule has 2 N–H and O–H groups in total. The van der Waals surface area contributed by atoms with Crippen LogP contribution in [0, 0.1) is 0 Å². The van der Waals surface area contributed by atoms with Crippen molar-refractivity contribution in [1.82, 2.24) is 10.6 Å². The highest BCUT2D eigenvalue weighted by Gasteiger charge is 1.92. The Morgan fingerprint density at radius 1 is 1.14 bits per heavy atom. The van der Waals surface area contributed by atoms with Gasteiger partial charge in [-0.15, -0.1) is 0 Å². The summed E-state index contributed by atoms with van der Waals surface area (Å²) in [6.45, 7) is 5.67. The molecule has 4 nitrogen and oxygen atoms in total. The van der Waals surface area contributed by atoms with Gasteiger partial charge in [-0.3, -0.25) is 0 Å². The van der Waals surface area contributed by atoms with E-state index in [9.17, 15) is 0 Å². The van der Waals surface area contributed by atoms with E-state index in [1.165, 1.54) is 0 Å². The van der Waals surface area contributed by atoms with Crippen molar-refractivity contribution >= 4 is 17.3 Å². The maximum absolute atomic E-state index is 5.25. The summed E-state index contributed by atoms with van der Waals surface area (Å²) >= 11 is 5.02. The summed E-state index contributed by atoms with van der Waals surface area (Å²) in [4.78, 5) is 0. The molecule has 0 atom stereocenters. The van der Waals surface area contributed by atoms with Crippen LogP contribution in [0.5, 0.6) is 0 Å². The molecule has 0 fully saturated rings. The van der Waals surface area contributed by atoms with Crippen molar-refractivity contribution in [2.45, 2.75) is 13.3 Å². The average Bonchev–Trinajstić information content (AvgIpc) is 2.20. The van der Waals surface area contributed by atoms with Crippen LogP contribution in [-0.2, 0) is 9.47 Å². The number of ether oxygens (including phenoxy) is 2. The number of hydrogen-bond donors (Lipinski definition) is 2. The van der Waals surface area contributed by atoms with E-state index in [-0.39, 0.29) is 0 Å². The van der Waals surface area contributed by atoms with Gasteiger partial charge in [0.25, 0.3) is 0 Å². The third kappa shape index (κ3) is 9.70. The number of hydrogen-bond acceptors (Lipinski definition) is 3. The molecule has 0 unspecified atom stereocenters. The van der Waals surface area contributed by atoms with E-state index in [0.717, 1.165) is 19.5 Å². The fourth-order valence-corrected chi connectivity index (χ4v) is 0.986. The molecular weight excluding hydrogens is 200 g/mol. The van der Waals surface area contributed by atoms with Gasteiger partial charge in [0.1, 0.15) is 0 Å². The van der Waals surface area contributed by atoms with Crippen LogP contribution < -0.4 is 10.6 Å². The Bertz CT molecular complexity index is 145. The lowest BCUT2D eigenvalue weighted by Crippen LogP contribution is -2.37. The first-order valence-electron chi connectivity index (χ1n) is 4.89. The highest BCUT2D eigenvalue weighted by atomic mass is 32.1.